The predicted molar refractivity (Wildman–Crippen MR) is 66.1 cm³/mol. The lowest BCUT2D eigenvalue weighted by atomic mass is 10.0. The molecule has 0 aliphatic heterocycles. The molecule has 0 saturated heterocycles. The van der Waals surface area contributed by atoms with Gasteiger partial charge in [0.05, 0.1) is 6.04 Å². The van der Waals surface area contributed by atoms with Crippen LogP contribution in [0.5, 0.6) is 0 Å². The highest BCUT2D eigenvalue weighted by atomic mass is 35.5. The van der Waals surface area contributed by atoms with Gasteiger partial charge in [0.1, 0.15) is 0 Å². The van der Waals surface area contributed by atoms with E-state index in [-0.39, 0.29) is 6.04 Å². The number of rotatable bonds is 4. The summed E-state index contributed by atoms with van der Waals surface area (Å²) in [6.45, 7) is 5.07. The molecule has 1 atom stereocenters. The Labute approximate surface area is 96.8 Å². The number of halogens is 1. The van der Waals surface area contributed by atoms with Crippen molar-refractivity contribution >= 4 is 11.6 Å². The summed E-state index contributed by atoms with van der Waals surface area (Å²) in [5, 5.41) is 4.07. The molecule has 1 nitrogen and oxygen atoms in total. The van der Waals surface area contributed by atoms with Crippen molar-refractivity contribution in [3.63, 3.8) is 0 Å². The normalized spacial score (nSPS) is 12.1. The molecule has 80 valence electrons. The van der Waals surface area contributed by atoms with Crippen LogP contribution in [0, 0.1) is 19.3 Å². The molecule has 1 rings (SSSR count). The summed E-state index contributed by atoms with van der Waals surface area (Å²) in [6.07, 6.45) is 6.58. The van der Waals surface area contributed by atoms with Gasteiger partial charge in [0.2, 0.25) is 0 Å². The van der Waals surface area contributed by atoms with Crippen LogP contribution in [-0.2, 0) is 0 Å². The van der Waals surface area contributed by atoms with E-state index in [0.717, 1.165) is 29.1 Å². The Morgan fingerprint density at radius 3 is 2.80 bits per heavy atom. The molecule has 1 N–H and O–H groups in total. The van der Waals surface area contributed by atoms with Gasteiger partial charge in [0.25, 0.3) is 0 Å². The van der Waals surface area contributed by atoms with Crippen LogP contribution in [0.15, 0.2) is 18.2 Å². The highest BCUT2D eigenvalue weighted by Gasteiger charge is 2.09. The van der Waals surface area contributed by atoms with E-state index in [1.165, 1.54) is 0 Å². The van der Waals surface area contributed by atoms with Crippen molar-refractivity contribution < 1.29 is 0 Å². The molecular weight excluding hydrogens is 206 g/mol. The second kappa shape index (κ2) is 5.80. The Morgan fingerprint density at radius 1 is 1.53 bits per heavy atom. The lowest BCUT2D eigenvalue weighted by molar-refractivity contribution is 0.624. The highest BCUT2D eigenvalue weighted by Crippen LogP contribution is 2.20. The van der Waals surface area contributed by atoms with Gasteiger partial charge in [0.15, 0.2) is 0 Å². The minimum atomic E-state index is -0.0118. The molecule has 0 heterocycles. The Kier molecular flexibility index (Phi) is 4.68. The van der Waals surface area contributed by atoms with Gasteiger partial charge in [-0.05, 0) is 43.1 Å². The maximum atomic E-state index is 5.90. The van der Waals surface area contributed by atoms with Crippen LogP contribution in [0.25, 0.3) is 0 Å². The van der Waals surface area contributed by atoms with Crippen molar-refractivity contribution in [3.05, 3.63) is 34.3 Å². The van der Waals surface area contributed by atoms with Crippen molar-refractivity contribution in [1.82, 2.24) is 5.32 Å². The largest absolute Gasteiger partial charge is 0.300 e. The Hall–Kier alpha value is -0.970. The average Bonchev–Trinajstić information content (AvgIpc) is 2.21. The summed E-state index contributed by atoms with van der Waals surface area (Å²) < 4.78 is 0. The summed E-state index contributed by atoms with van der Waals surface area (Å²) >= 11 is 5.90. The molecule has 0 spiro atoms. The van der Waals surface area contributed by atoms with Crippen molar-refractivity contribution in [1.29, 1.82) is 0 Å². The molecule has 0 bridgehead atoms. The number of terminal acetylenes is 1. The van der Waals surface area contributed by atoms with E-state index >= 15 is 0 Å². The highest BCUT2D eigenvalue weighted by molar-refractivity contribution is 6.30. The summed E-state index contributed by atoms with van der Waals surface area (Å²) in [5.41, 5.74) is 2.27. The van der Waals surface area contributed by atoms with Gasteiger partial charge in [-0.15, -0.1) is 6.42 Å². The lowest BCUT2D eigenvalue weighted by Crippen LogP contribution is -2.21. The van der Waals surface area contributed by atoms with Crippen molar-refractivity contribution in [2.45, 2.75) is 26.3 Å². The first-order chi connectivity index (χ1) is 7.19. The minimum Gasteiger partial charge on any atom is -0.300 e. The van der Waals surface area contributed by atoms with Crippen LogP contribution in [0.3, 0.4) is 0 Å². The summed E-state index contributed by atoms with van der Waals surface area (Å²) in [5.74, 6) is 2.76. The maximum absolute atomic E-state index is 5.90. The van der Waals surface area contributed by atoms with Crippen molar-refractivity contribution in [3.8, 4) is 12.3 Å². The Bertz CT molecular complexity index is 365. The van der Waals surface area contributed by atoms with Crippen LogP contribution in [-0.4, -0.2) is 6.54 Å². The van der Waals surface area contributed by atoms with Gasteiger partial charge in [-0.1, -0.05) is 30.5 Å². The fraction of sp³-hybridized carbons (Fsp3) is 0.385. The Balaban J connectivity index is 2.88. The quantitative estimate of drug-likeness (QED) is 0.770. The van der Waals surface area contributed by atoms with Crippen LogP contribution in [0.1, 0.15) is 30.5 Å². The molecule has 0 amide bonds. The molecule has 0 aromatic heterocycles. The summed E-state index contributed by atoms with van der Waals surface area (Å²) in [6, 6.07) is 5.80. The molecular formula is C13H16ClN. The third-order valence-corrected chi connectivity index (χ3v) is 2.54. The standard InChI is InChI=1S/C13H16ClN/c1-4-8-15-13(5-2)12-7-6-11(14)9-10(12)3/h2,6-7,9,13,15H,4,8H2,1,3H3. The molecule has 0 aliphatic rings. The van der Waals surface area contributed by atoms with Gasteiger partial charge < -0.3 is 0 Å². The number of benzene rings is 1. The van der Waals surface area contributed by atoms with Gasteiger partial charge >= 0.3 is 0 Å². The zero-order valence-corrected chi connectivity index (χ0v) is 9.93. The predicted octanol–water partition coefficient (Wildman–Crippen LogP) is 3.32. The zero-order chi connectivity index (χ0) is 11.3. The lowest BCUT2D eigenvalue weighted by Gasteiger charge is -2.15. The van der Waals surface area contributed by atoms with E-state index in [0.29, 0.717) is 0 Å². The fourth-order valence-corrected chi connectivity index (χ4v) is 1.74. The first-order valence-electron chi connectivity index (χ1n) is 5.14. The van der Waals surface area contributed by atoms with Crippen LogP contribution >= 0.6 is 11.6 Å². The number of hydrogen-bond donors (Lipinski definition) is 1. The number of hydrogen-bond acceptors (Lipinski definition) is 1. The number of aryl methyl sites for hydroxylation is 1. The van der Waals surface area contributed by atoms with E-state index in [2.05, 4.69) is 18.2 Å². The average molecular weight is 222 g/mol. The summed E-state index contributed by atoms with van der Waals surface area (Å²) in [7, 11) is 0. The van der Waals surface area contributed by atoms with Crippen LogP contribution in [0.4, 0.5) is 0 Å². The van der Waals surface area contributed by atoms with Crippen molar-refractivity contribution in [2.24, 2.45) is 0 Å². The molecule has 15 heavy (non-hydrogen) atoms. The first-order valence-corrected chi connectivity index (χ1v) is 5.52. The molecule has 0 aliphatic carbocycles. The Morgan fingerprint density at radius 2 is 2.27 bits per heavy atom. The molecule has 1 unspecified atom stereocenters. The van der Waals surface area contributed by atoms with Crippen LogP contribution in [0.2, 0.25) is 5.02 Å². The van der Waals surface area contributed by atoms with E-state index in [1.807, 2.05) is 25.1 Å². The van der Waals surface area contributed by atoms with E-state index < -0.39 is 0 Å². The van der Waals surface area contributed by atoms with Gasteiger partial charge in [0, 0.05) is 5.02 Å². The fourth-order valence-electron chi connectivity index (χ4n) is 1.51. The molecule has 2 heteroatoms. The first kappa shape index (κ1) is 12.1. The third kappa shape index (κ3) is 3.27. The monoisotopic (exact) mass is 221 g/mol. The van der Waals surface area contributed by atoms with E-state index in [9.17, 15) is 0 Å². The molecule has 0 saturated carbocycles. The topological polar surface area (TPSA) is 12.0 Å². The van der Waals surface area contributed by atoms with Gasteiger partial charge in [-0.2, -0.15) is 0 Å². The maximum Gasteiger partial charge on any atom is 0.0945 e. The van der Waals surface area contributed by atoms with E-state index in [4.69, 9.17) is 18.0 Å². The van der Waals surface area contributed by atoms with Crippen molar-refractivity contribution in [2.75, 3.05) is 6.54 Å². The van der Waals surface area contributed by atoms with Gasteiger partial charge in [-0.3, -0.25) is 5.32 Å². The summed E-state index contributed by atoms with van der Waals surface area (Å²) in [4.78, 5) is 0. The van der Waals surface area contributed by atoms with Crippen LogP contribution < -0.4 is 5.32 Å². The number of nitrogens with one attached hydrogen (secondary N) is 1. The zero-order valence-electron chi connectivity index (χ0n) is 9.18. The molecule has 0 radical (unpaired) electrons. The molecule has 1 aromatic rings. The smallest absolute Gasteiger partial charge is 0.0945 e. The second-order valence-corrected chi connectivity index (χ2v) is 3.99. The third-order valence-electron chi connectivity index (χ3n) is 2.31. The SMILES string of the molecule is C#CC(NCCC)c1ccc(Cl)cc1C. The molecule has 1 aromatic carbocycles. The second-order valence-electron chi connectivity index (χ2n) is 3.55. The van der Waals surface area contributed by atoms with E-state index in [1.54, 1.807) is 0 Å². The molecule has 0 fully saturated rings. The minimum absolute atomic E-state index is 0.0118. The van der Waals surface area contributed by atoms with Gasteiger partial charge in [-0.25, -0.2) is 0 Å².